The van der Waals surface area contributed by atoms with Gasteiger partial charge in [0.15, 0.2) is 0 Å². The van der Waals surface area contributed by atoms with Crippen molar-refractivity contribution in [3.05, 3.63) is 0 Å². The molecule has 2 aliphatic rings. The summed E-state index contributed by atoms with van der Waals surface area (Å²) in [5.41, 5.74) is 6.21. The van der Waals surface area contributed by atoms with Gasteiger partial charge in [-0.05, 0) is 44.6 Å². The highest BCUT2D eigenvalue weighted by Gasteiger charge is 2.24. The van der Waals surface area contributed by atoms with Crippen molar-refractivity contribution in [3.63, 3.8) is 0 Å². The molecule has 3 atom stereocenters. The first-order chi connectivity index (χ1) is 8.25. The van der Waals surface area contributed by atoms with E-state index < -0.39 is 0 Å². The van der Waals surface area contributed by atoms with E-state index in [-0.39, 0.29) is 0 Å². The fourth-order valence-corrected chi connectivity index (χ4v) is 3.33. The first-order valence-corrected chi connectivity index (χ1v) is 7.27. The molecule has 1 heterocycles. The Hall–Kier alpha value is -0.120. The number of nitrogens with zero attached hydrogens (tertiary/aromatic N) is 1. The van der Waals surface area contributed by atoms with Crippen molar-refractivity contribution >= 4 is 0 Å². The van der Waals surface area contributed by atoms with E-state index in [0.717, 1.165) is 25.0 Å². The third-order valence-corrected chi connectivity index (χ3v) is 4.34. The Bertz CT molecular complexity index is 216. The van der Waals surface area contributed by atoms with Crippen LogP contribution in [-0.2, 0) is 4.74 Å². The maximum Gasteiger partial charge on any atom is 0.0506 e. The fourth-order valence-electron chi connectivity index (χ4n) is 3.33. The van der Waals surface area contributed by atoms with E-state index in [1.165, 1.54) is 51.6 Å². The van der Waals surface area contributed by atoms with Crippen molar-refractivity contribution in [1.29, 1.82) is 0 Å². The van der Waals surface area contributed by atoms with Gasteiger partial charge in [-0.2, -0.15) is 0 Å². The molecule has 0 amide bonds. The van der Waals surface area contributed by atoms with Crippen molar-refractivity contribution in [1.82, 2.24) is 4.90 Å². The highest BCUT2D eigenvalue weighted by atomic mass is 16.5. The van der Waals surface area contributed by atoms with Crippen LogP contribution in [-0.4, -0.2) is 44.3 Å². The summed E-state index contributed by atoms with van der Waals surface area (Å²) in [6, 6.07) is 0.439. The van der Waals surface area contributed by atoms with Gasteiger partial charge in [-0.3, -0.25) is 0 Å². The van der Waals surface area contributed by atoms with Crippen LogP contribution >= 0.6 is 0 Å². The number of nitrogens with two attached hydrogens (primary N) is 1. The first-order valence-electron chi connectivity index (χ1n) is 7.27. The minimum atomic E-state index is 0.439. The molecule has 0 aromatic heterocycles. The van der Waals surface area contributed by atoms with Crippen molar-refractivity contribution in [2.45, 2.75) is 44.6 Å². The van der Waals surface area contributed by atoms with Crippen LogP contribution in [0.25, 0.3) is 0 Å². The maximum absolute atomic E-state index is 6.21. The van der Waals surface area contributed by atoms with E-state index in [4.69, 9.17) is 10.5 Å². The minimum Gasteiger partial charge on any atom is -0.381 e. The monoisotopic (exact) mass is 240 g/mol. The van der Waals surface area contributed by atoms with Crippen LogP contribution in [0.5, 0.6) is 0 Å². The minimum absolute atomic E-state index is 0.439. The van der Waals surface area contributed by atoms with E-state index in [1.807, 2.05) is 0 Å². The van der Waals surface area contributed by atoms with Crippen LogP contribution in [0.3, 0.4) is 0 Å². The van der Waals surface area contributed by atoms with E-state index in [1.54, 1.807) is 0 Å². The molecule has 0 aromatic rings. The van der Waals surface area contributed by atoms with Gasteiger partial charge in [0, 0.05) is 25.7 Å². The molecule has 17 heavy (non-hydrogen) atoms. The zero-order valence-corrected chi connectivity index (χ0v) is 11.2. The van der Waals surface area contributed by atoms with Crippen LogP contribution in [0, 0.1) is 11.8 Å². The van der Waals surface area contributed by atoms with Gasteiger partial charge in [0.25, 0.3) is 0 Å². The molecule has 0 aromatic carbocycles. The lowest BCUT2D eigenvalue weighted by Crippen LogP contribution is -2.42. The second-order valence-corrected chi connectivity index (χ2v) is 6.01. The Kier molecular flexibility index (Phi) is 5.26. The summed E-state index contributed by atoms with van der Waals surface area (Å²) in [4.78, 5) is 2.48. The van der Waals surface area contributed by atoms with E-state index in [9.17, 15) is 0 Å². The van der Waals surface area contributed by atoms with Crippen molar-refractivity contribution in [2.75, 3.05) is 33.4 Å². The number of hydrogen-bond acceptors (Lipinski definition) is 3. The SMILES string of the molecule is CN(CC1CCCOC1)CC1CCCCC1N. The standard InChI is InChI=1S/C14H28N2O/c1-16(9-12-5-4-8-17-11-12)10-13-6-2-3-7-14(13)15/h12-14H,2-11,15H2,1H3. The van der Waals surface area contributed by atoms with Crippen molar-refractivity contribution in [3.8, 4) is 0 Å². The summed E-state index contributed by atoms with van der Waals surface area (Å²) in [6.07, 6.45) is 7.83. The third kappa shape index (κ3) is 4.23. The number of rotatable bonds is 4. The molecule has 1 aliphatic carbocycles. The molecule has 1 saturated carbocycles. The quantitative estimate of drug-likeness (QED) is 0.815. The lowest BCUT2D eigenvalue weighted by atomic mass is 9.84. The van der Waals surface area contributed by atoms with E-state index >= 15 is 0 Å². The van der Waals surface area contributed by atoms with Gasteiger partial charge < -0.3 is 15.4 Å². The Morgan fingerprint density at radius 3 is 2.65 bits per heavy atom. The smallest absolute Gasteiger partial charge is 0.0506 e. The second-order valence-electron chi connectivity index (χ2n) is 6.01. The average Bonchev–Trinajstić information content (AvgIpc) is 2.33. The molecule has 1 saturated heterocycles. The highest BCUT2D eigenvalue weighted by molar-refractivity contribution is 4.80. The first kappa shape index (κ1) is 13.3. The largest absolute Gasteiger partial charge is 0.381 e. The number of ether oxygens (including phenoxy) is 1. The van der Waals surface area contributed by atoms with Gasteiger partial charge in [0.05, 0.1) is 6.61 Å². The zero-order chi connectivity index (χ0) is 12.1. The molecular formula is C14H28N2O. The van der Waals surface area contributed by atoms with Gasteiger partial charge in [-0.15, -0.1) is 0 Å². The molecular weight excluding hydrogens is 212 g/mol. The van der Waals surface area contributed by atoms with Crippen LogP contribution in [0.1, 0.15) is 38.5 Å². The molecule has 3 nitrogen and oxygen atoms in total. The fraction of sp³-hybridized carbons (Fsp3) is 1.00. The van der Waals surface area contributed by atoms with Crippen LogP contribution in [0.4, 0.5) is 0 Å². The molecule has 2 fully saturated rings. The predicted molar refractivity (Wildman–Crippen MR) is 71.0 cm³/mol. The van der Waals surface area contributed by atoms with Crippen LogP contribution in [0.15, 0.2) is 0 Å². The highest BCUT2D eigenvalue weighted by Crippen LogP contribution is 2.24. The molecule has 100 valence electrons. The summed E-state index contributed by atoms with van der Waals surface area (Å²) in [5.74, 6) is 1.46. The van der Waals surface area contributed by atoms with Crippen molar-refractivity contribution in [2.24, 2.45) is 17.6 Å². The maximum atomic E-state index is 6.21. The molecule has 3 unspecified atom stereocenters. The van der Waals surface area contributed by atoms with Gasteiger partial charge in [0.2, 0.25) is 0 Å². The van der Waals surface area contributed by atoms with Gasteiger partial charge in [0.1, 0.15) is 0 Å². The molecule has 1 aliphatic heterocycles. The Morgan fingerprint density at radius 2 is 1.94 bits per heavy atom. The predicted octanol–water partition coefficient (Wildman–Crippen LogP) is 1.86. The van der Waals surface area contributed by atoms with Crippen molar-refractivity contribution < 1.29 is 4.74 Å². The molecule has 2 rings (SSSR count). The Balaban J connectivity index is 1.70. The molecule has 0 spiro atoms. The topological polar surface area (TPSA) is 38.5 Å². The van der Waals surface area contributed by atoms with Gasteiger partial charge in [-0.1, -0.05) is 12.8 Å². The van der Waals surface area contributed by atoms with E-state index in [0.29, 0.717) is 6.04 Å². The number of hydrogen-bond donors (Lipinski definition) is 1. The summed E-state index contributed by atoms with van der Waals surface area (Å²) in [5, 5.41) is 0. The Labute approximate surface area is 106 Å². The summed E-state index contributed by atoms with van der Waals surface area (Å²) >= 11 is 0. The van der Waals surface area contributed by atoms with Crippen LogP contribution in [0.2, 0.25) is 0 Å². The average molecular weight is 240 g/mol. The molecule has 3 heteroatoms. The van der Waals surface area contributed by atoms with Gasteiger partial charge >= 0.3 is 0 Å². The summed E-state index contributed by atoms with van der Waals surface area (Å²) < 4.78 is 5.54. The van der Waals surface area contributed by atoms with Gasteiger partial charge in [-0.25, -0.2) is 0 Å². The van der Waals surface area contributed by atoms with E-state index in [2.05, 4.69) is 11.9 Å². The lowest BCUT2D eigenvalue weighted by molar-refractivity contribution is 0.0388. The normalized spacial score (nSPS) is 35.1. The van der Waals surface area contributed by atoms with Crippen LogP contribution < -0.4 is 5.73 Å². The second kappa shape index (κ2) is 6.72. The molecule has 2 N–H and O–H groups in total. The molecule has 0 radical (unpaired) electrons. The lowest BCUT2D eigenvalue weighted by Gasteiger charge is -2.34. The summed E-state index contributed by atoms with van der Waals surface area (Å²) in [7, 11) is 2.25. The summed E-state index contributed by atoms with van der Waals surface area (Å²) in [6.45, 7) is 4.29. The Morgan fingerprint density at radius 1 is 1.12 bits per heavy atom. The molecule has 0 bridgehead atoms. The third-order valence-electron chi connectivity index (χ3n) is 4.34. The zero-order valence-electron chi connectivity index (χ0n) is 11.2.